The van der Waals surface area contributed by atoms with Crippen molar-refractivity contribution in [1.29, 1.82) is 0 Å². The molecular weight excluding hydrogens is 180 g/mol. The standard InChI is InChI=1S/C10H20N2O2/c1-8(7-14-2)12-10(13)9-4-3-5-11-6-9/h8-9,11H,3-7H2,1-2H3,(H,12,13)/t8?,9-/m0/s1. The molecule has 0 spiro atoms. The van der Waals surface area contributed by atoms with Crippen LogP contribution in [-0.2, 0) is 9.53 Å². The predicted octanol–water partition coefficient (Wildman–Crippen LogP) is 0.137. The first-order valence-electron chi connectivity index (χ1n) is 5.24. The van der Waals surface area contributed by atoms with Crippen LogP contribution in [-0.4, -0.2) is 38.8 Å². The second-order valence-electron chi connectivity index (χ2n) is 3.91. The van der Waals surface area contributed by atoms with Crippen molar-refractivity contribution in [1.82, 2.24) is 10.6 Å². The number of carbonyl (C=O) groups is 1. The minimum absolute atomic E-state index is 0.106. The molecule has 0 radical (unpaired) electrons. The fraction of sp³-hybridized carbons (Fsp3) is 0.900. The van der Waals surface area contributed by atoms with E-state index in [1.165, 1.54) is 0 Å². The van der Waals surface area contributed by atoms with Gasteiger partial charge in [0.15, 0.2) is 0 Å². The molecule has 1 saturated heterocycles. The Morgan fingerprint density at radius 2 is 2.50 bits per heavy atom. The van der Waals surface area contributed by atoms with E-state index in [1.54, 1.807) is 7.11 Å². The number of hydrogen-bond donors (Lipinski definition) is 2. The lowest BCUT2D eigenvalue weighted by Gasteiger charge is -2.23. The summed E-state index contributed by atoms with van der Waals surface area (Å²) in [5.41, 5.74) is 0. The second kappa shape index (κ2) is 5.98. The Morgan fingerprint density at radius 3 is 3.07 bits per heavy atom. The highest BCUT2D eigenvalue weighted by atomic mass is 16.5. The van der Waals surface area contributed by atoms with Crippen LogP contribution in [0, 0.1) is 5.92 Å². The monoisotopic (exact) mass is 200 g/mol. The summed E-state index contributed by atoms with van der Waals surface area (Å²) >= 11 is 0. The third-order valence-electron chi connectivity index (χ3n) is 2.47. The fourth-order valence-electron chi connectivity index (χ4n) is 1.73. The van der Waals surface area contributed by atoms with Crippen LogP contribution >= 0.6 is 0 Å². The molecule has 0 aliphatic carbocycles. The van der Waals surface area contributed by atoms with E-state index in [-0.39, 0.29) is 17.9 Å². The average molecular weight is 200 g/mol. The van der Waals surface area contributed by atoms with Gasteiger partial charge in [-0.2, -0.15) is 0 Å². The minimum atomic E-state index is 0.106. The van der Waals surface area contributed by atoms with Crippen LogP contribution in [0.5, 0.6) is 0 Å². The van der Waals surface area contributed by atoms with Crippen LogP contribution in [0.15, 0.2) is 0 Å². The molecule has 1 heterocycles. The van der Waals surface area contributed by atoms with Crippen molar-refractivity contribution in [2.75, 3.05) is 26.8 Å². The van der Waals surface area contributed by atoms with Gasteiger partial charge in [0, 0.05) is 19.7 Å². The zero-order valence-electron chi connectivity index (χ0n) is 9.01. The van der Waals surface area contributed by atoms with E-state index in [1.807, 2.05) is 6.92 Å². The Balaban J connectivity index is 2.25. The van der Waals surface area contributed by atoms with Crippen LogP contribution in [0.1, 0.15) is 19.8 Å². The molecular formula is C10H20N2O2. The molecule has 2 atom stereocenters. The van der Waals surface area contributed by atoms with E-state index in [0.717, 1.165) is 25.9 Å². The lowest BCUT2D eigenvalue weighted by Crippen LogP contribution is -2.44. The molecule has 0 aromatic carbocycles. The Labute approximate surface area is 85.4 Å². The molecule has 1 rings (SSSR count). The Hall–Kier alpha value is -0.610. The van der Waals surface area contributed by atoms with Gasteiger partial charge in [0.25, 0.3) is 0 Å². The highest BCUT2D eigenvalue weighted by Crippen LogP contribution is 2.09. The Morgan fingerprint density at radius 1 is 1.71 bits per heavy atom. The summed E-state index contributed by atoms with van der Waals surface area (Å²) < 4.78 is 4.96. The minimum Gasteiger partial charge on any atom is -0.383 e. The number of piperidine rings is 1. The zero-order chi connectivity index (χ0) is 10.4. The number of carbonyl (C=O) groups excluding carboxylic acids is 1. The van der Waals surface area contributed by atoms with Crippen molar-refractivity contribution in [3.05, 3.63) is 0 Å². The van der Waals surface area contributed by atoms with Gasteiger partial charge in [-0.1, -0.05) is 0 Å². The summed E-state index contributed by atoms with van der Waals surface area (Å²) in [5, 5.41) is 6.18. The molecule has 1 aliphatic heterocycles. The van der Waals surface area contributed by atoms with Crippen molar-refractivity contribution in [2.45, 2.75) is 25.8 Å². The smallest absolute Gasteiger partial charge is 0.224 e. The van der Waals surface area contributed by atoms with Crippen LogP contribution in [0.3, 0.4) is 0 Å². The average Bonchev–Trinajstić information content (AvgIpc) is 2.19. The Kier molecular flexibility index (Phi) is 4.90. The first-order valence-corrected chi connectivity index (χ1v) is 5.24. The molecule has 1 amide bonds. The van der Waals surface area contributed by atoms with Crippen molar-refractivity contribution in [3.63, 3.8) is 0 Å². The van der Waals surface area contributed by atoms with E-state index >= 15 is 0 Å². The van der Waals surface area contributed by atoms with Crippen molar-refractivity contribution in [3.8, 4) is 0 Å². The molecule has 0 aromatic rings. The van der Waals surface area contributed by atoms with Gasteiger partial charge in [-0.3, -0.25) is 4.79 Å². The van der Waals surface area contributed by atoms with E-state index < -0.39 is 0 Å². The molecule has 4 nitrogen and oxygen atoms in total. The normalized spacial score (nSPS) is 24.3. The summed E-state index contributed by atoms with van der Waals surface area (Å²) in [6, 6.07) is 0.106. The van der Waals surface area contributed by atoms with E-state index in [2.05, 4.69) is 10.6 Å². The quantitative estimate of drug-likeness (QED) is 0.678. The summed E-state index contributed by atoms with van der Waals surface area (Å²) in [5.74, 6) is 0.296. The van der Waals surface area contributed by atoms with Crippen molar-refractivity contribution >= 4 is 5.91 Å². The summed E-state index contributed by atoms with van der Waals surface area (Å²) in [6.07, 6.45) is 2.09. The first-order chi connectivity index (χ1) is 6.74. The fourth-order valence-corrected chi connectivity index (χ4v) is 1.73. The van der Waals surface area contributed by atoms with E-state index in [9.17, 15) is 4.79 Å². The van der Waals surface area contributed by atoms with Crippen molar-refractivity contribution in [2.24, 2.45) is 5.92 Å². The number of ether oxygens (including phenoxy) is 1. The van der Waals surface area contributed by atoms with E-state index in [4.69, 9.17) is 4.74 Å². The van der Waals surface area contributed by atoms with Gasteiger partial charge in [0.1, 0.15) is 0 Å². The van der Waals surface area contributed by atoms with Crippen LogP contribution in [0.2, 0.25) is 0 Å². The molecule has 1 aliphatic rings. The van der Waals surface area contributed by atoms with Gasteiger partial charge in [-0.15, -0.1) is 0 Å². The van der Waals surface area contributed by atoms with Gasteiger partial charge in [-0.25, -0.2) is 0 Å². The van der Waals surface area contributed by atoms with E-state index in [0.29, 0.717) is 6.61 Å². The second-order valence-corrected chi connectivity index (χ2v) is 3.91. The third-order valence-corrected chi connectivity index (χ3v) is 2.47. The molecule has 0 aromatic heterocycles. The van der Waals surface area contributed by atoms with Crippen LogP contribution in [0.4, 0.5) is 0 Å². The molecule has 14 heavy (non-hydrogen) atoms. The predicted molar refractivity (Wildman–Crippen MR) is 55.1 cm³/mol. The van der Waals surface area contributed by atoms with Gasteiger partial charge in [-0.05, 0) is 26.3 Å². The van der Waals surface area contributed by atoms with Gasteiger partial charge < -0.3 is 15.4 Å². The maximum Gasteiger partial charge on any atom is 0.224 e. The molecule has 0 bridgehead atoms. The zero-order valence-corrected chi connectivity index (χ0v) is 9.01. The summed E-state index contributed by atoms with van der Waals surface area (Å²) in [7, 11) is 1.64. The SMILES string of the molecule is COCC(C)NC(=O)[C@H]1CCCNC1. The van der Waals surface area contributed by atoms with Gasteiger partial charge in [0.2, 0.25) is 5.91 Å². The van der Waals surface area contributed by atoms with Crippen LogP contribution in [0.25, 0.3) is 0 Å². The molecule has 82 valence electrons. The van der Waals surface area contributed by atoms with Crippen molar-refractivity contribution < 1.29 is 9.53 Å². The van der Waals surface area contributed by atoms with Gasteiger partial charge in [0.05, 0.1) is 12.5 Å². The summed E-state index contributed by atoms with van der Waals surface area (Å²) in [4.78, 5) is 11.7. The Bertz CT molecular complexity index is 179. The molecule has 4 heteroatoms. The summed E-state index contributed by atoms with van der Waals surface area (Å²) in [6.45, 7) is 4.38. The number of nitrogens with one attached hydrogen (secondary N) is 2. The van der Waals surface area contributed by atoms with Gasteiger partial charge >= 0.3 is 0 Å². The lowest BCUT2D eigenvalue weighted by atomic mass is 9.98. The maximum absolute atomic E-state index is 11.7. The molecule has 0 saturated carbocycles. The topological polar surface area (TPSA) is 50.4 Å². The largest absolute Gasteiger partial charge is 0.383 e. The first kappa shape index (κ1) is 11.5. The molecule has 2 N–H and O–H groups in total. The number of methoxy groups -OCH3 is 1. The third kappa shape index (κ3) is 3.64. The highest BCUT2D eigenvalue weighted by Gasteiger charge is 2.21. The molecule has 1 fully saturated rings. The number of hydrogen-bond acceptors (Lipinski definition) is 3. The maximum atomic E-state index is 11.7. The molecule has 1 unspecified atom stereocenters. The number of amides is 1. The van der Waals surface area contributed by atoms with Crippen LogP contribution < -0.4 is 10.6 Å². The lowest BCUT2D eigenvalue weighted by molar-refractivity contribution is -0.126. The number of rotatable bonds is 4. The highest BCUT2D eigenvalue weighted by molar-refractivity contribution is 5.79.